The summed E-state index contributed by atoms with van der Waals surface area (Å²) in [6.07, 6.45) is 3.38. The molecule has 5 heteroatoms. The second kappa shape index (κ2) is 8.24. The lowest BCUT2D eigenvalue weighted by atomic mass is 10.2. The van der Waals surface area contributed by atoms with Gasteiger partial charge >= 0.3 is 6.03 Å². The Bertz CT molecular complexity index is 671. The van der Waals surface area contributed by atoms with Gasteiger partial charge in [-0.15, -0.1) is 0 Å². The second-order valence-corrected chi connectivity index (χ2v) is 5.45. The Morgan fingerprint density at radius 1 is 1.23 bits per heavy atom. The smallest absolute Gasteiger partial charge is 0.319 e. The fraction of sp³-hybridized carbons (Fsp3) is 0.118. The molecule has 2 N–H and O–H groups in total. The molecular weight excluding hydrogens is 344 g/mol. The third kappa shape index (κ3) is 4.93. The van der Waals surface area contributed by atoms with Gasteiger partial charge in [-0.05, 0) is 29.8 Å². The van der Waals surface area contributed by atoms with Crippen LogP contribution in [0.25, 0.3) is 6.08 Å². The Morgan fingerprint density at radius 2 is 2.05 bits per heavy atom. The van der Waals surface area contributed by atoms with Gasteiger partial charge in [0.05, 0.1) is 7.11 Å². The molecule has 0 heterocycles. The summed E-state index contributed by atoms with van der Waals surface area (Å²) >= 11 is 3.40. The van der Waals surface area contributed by atoms with Gasteiger partial charge in [-0.1, -0.05) is 46.3 Å². The first kappa shape index (κ1) is 16.1. The number of nitrogens with one attached hydrogen (secondary N) is 2. The number of ether oxygens (including phenoxy) is 1. The molecule has 2 rings (SSSR count). The average molecular weight is 361 g/mol. The first-order valence-corrected chi connectivity index (χ1v) is 7.56. The number of urea groups is 1. The number of rotatable bonds is 5. The van der Waals surface area contributed by atoms with E-state index in [-0.39, 0.29) is 6.03 Å². The molecule has 2 aromatic rings. The first-order valence-electron chi connectivity index (χ1n) is 6.77. The van der Waals surface area contributed by atoms with Crippen molar-refractivity contribution >= 4 is 28.0 Å². The maximum atomic E-state index is 11.7. The zero-order chi connectivity index (χ0) is 15.8. The number of carbonyl (C=O) groups is 1. The summed E-state index contributed by atoms with van der Waals surface area (Å²) in [5, 5.41) is 5.46. The largest absolute Gasteiger partial charge is 0.496 e. The summed E-state index contributed by atoms with van der Waals surface area (Å²) in [5.74, 6) is 0.759. The highest BCUT2D eigenvalue weighted by Gasteiger charge is 2.00. The van der Waals surface area contributed by atoms with Crippen molar-refractivity contribution in [3.05, 3.63) is 70.3 Å². The number of carbonyl (C=O) groups excluding carboxylic acids is 1. The summed E-state index contributed by atoms with van der Waals surface area (Å²) in [4.78, 5) is 11.7. The lowest BCUT2D eigenvalue weighted by molar-refractivity contribution is 0.244. The molecule has 0 radical (unpaired) electrons. The minimum absolute atomic E-state index is 0.258. The van der Waals surface area contributed by atoms with Gasteiger partial charge in [-0.3, -0.25) is 0 Å². The van der Waals surface area contributed by atoms with Gasteiger partial charge in [0.15, 0.2) is 0 Å². The van der Waals surface area contributed by atoms with Crippen molar-refractivity contribution in [3.63, 3.8) is 0 Å². The van der Waals surface area contributed by atoms with E-state index in [2.05, 4.69) is 26.6 Å². The van der Waals surface area contributed by atoms with E-state index in [1.54, 1.807) is 19.4 Å². The molecule has 0 atom stereocenters. The summed E-state index contributed by atoms with van der Waals surface area (Å²) in [6.45, 7) is 0.466. The SMILES string of the molecule is COc1ccccc1/C=C/NC(=O)NCc1cccc(Br)c1. The third-order valence-electron chi connectivity index (χ3n) is 2.96. The van der Waals surface area contributed by atoms with Gasteiger partial charge < -0.3 is 15.4 Å². The molecule has 0 fully saturated rings. The molecule has 0 aliphatic rings. The molecular formula is C17H17BrN2O2. The van der Waals surface area contributed by atoms with E-state index in [0.29, 0.717) is 6.54 Å². The van der Waals surface area contributed by atoms with E-state index in [4.69, 9.17) is 4.74 Å². The lowest BCUT2D eigenvalue weighted by Crippen LogP contribution is -2.31. The predicted octanol–water partition coefficient (Wildman–Crippen LogP) is 3.93. The Morgan fingerprint density at radius 3 is 2.82 bits per heavy atom. The van der Waals surface area contributed by atoms with Gasteiger partial charge in [0, 0.05) is 22.8 Å². The van der Waals surface area contributed by atoms with Crippen LogP contribution in [0.4, 0.5) is 4.79 Å². The van der Waals surface area contributed by atoms with Crippen LogP contribution in [0.15, 0.2) is 59.2 Å². The van der Waals surface area contributed by atoms with Crippen LogP contribution in [-0.4, -0.2) is 13.1 Å². The molecule has 0 spiro atoms. The van der Waals surface area contributed by atoms with Crippen LogP contribution < -0.4 is 15.4 Å². The molecule has 2 aromatic carbocycles. The third-order valence-corrected chi connectivity index (χ3v) is 3.45. The van der Waals surface area contributed by atoms with Crippen LogP contribution in [0.5, 0.6) is 5.75 Å². The molecule has 22 heavy (non-hydrogen) atoms. The number of hydrogen-bond donors (Lipinski definition) is 2. The summed E-state index contributed by atoms with van der Waals surface area (Å²) < 4.78 is 6.22. The number of hydrogen-bond acceptors (Lipinski definition) is 2. The van der Waals surface area contributed by atoms with Crippen LogP contribution in [0, 0.1) is 0 Å². The van der Waals surface area contributed by atoms with Crippen molar-refractivity contribution < 1.29 is 9.53 Å². The topological polar surface area (TPSA) is 50.4 Å². The van der Waals surface area contributed by atoms with Crippen molar-refractivity contribution in [2.45, 2.75) is 6.54 Å². The Labute approximate surface area is 138 Å². The molecule has 0 saturated carbocycles. The van der Waals surface area contributed by atoms with E-state index in [1.165, 1.54) is 0 Å². The van der Waals surface area contributed by atoms with E-state index in [9.17, 15) is 4.79 Å². The van der Waals surface area contributed by atoms with E-state index in [0.717, 1.165) is 21.3 Å². The van der Waals surface area contributed by atoms with Crippen LogP contribution in [0.3, 0.4) is 0 Å². The minimum atomic E-state index is -0.258. The highest BCUT2D eigenvalue weighted by molar-refractivity contribution is 9.10. The number of methoxy groups -OCH3 is 1. The molecule has 0 aromatic heterocycles. The summed E-state index contributed by atoms with van der Waals surface area (Å²) in [5.41, 5.74) is 1.93. The molecule has 0 aliphatic carbocycles. The normalized spacial score (nSPS) is 10.5. The van der Waals surface area contributed by atoms with Crippen molar-refractivity contribution in [2.75, 3.05) is 7.11 Å². The van der Waals surface area contributed by atoms with Crippen LogP contribution in [0.1, 0.15) is 11.1 Å². The fourth-order valence-electron chi connectivity index (χ4n) is 1.89. The van der Waals surface area contributed by atoms with E-state index in [1.807, 2.05) is 48.5 Å². The molecule has 0 saturated heterocycles. The molecule has 114 valence electrons. The Hall–Kier alpha value is -2.27. The summed E-state index contributed by atoms with van der Waals surface area (Å²) in [7, 11) is 1.62. The van der Waals surface area contributed by atoms with Crippen molar-refractivity contribution in [2.24, 2.45) is 0 Å². The maximum absolute atomic E-state index is 11.7. The predicted molar refractivity (Wildman–Crippen MR) is 91.5 cm³/mol. The van der Waals surface area contributed by atoms with Crippen LogP contribution in [0.2, 0.25) is 0 Å². The quantitative estimate of drug-likeness (QED) is 0.848. The Balaban J connectivity index is 1.83. The van der Waals surface area contributed by atoms with Gasteiger partial charge in [-0.25, -0.2) is 4.79 Å². The lowest BCUT2D eigenvalue weighted by Gasteiger charge is -2.06. The molecule has 0 unspecified atom stereocenters. The average Bonchev–Trinajstić information content (AvgIpc) is 2.53. The first-order chi connectivity index (χ1) is 10.7. The zero-order valence-corrected chi connectivity index (χ0v) is 13.8. The number of halogens is 1. The fourth-order valence-corrected chi connectivity index (χ4v) is 2.34. The van der Waals surface area contributed by atoms with Crippen LogP contribution >= 0.6 is 15.9 Å². The van der Waals surface area contributed by atoms with Gasteiger partial charge in [0.25, 0.3) is 0 Å². The molecule has 2 amide bonds. The van der Waals surface area contributed by atoms with Gasteiger partial charge in [-0.2, -0.15) is 0 Å². The monoisotopic (exact) mass is 360 g/mol. The van der Waals surface area contributed by atoms with Crippen molar-refractivity contribution in [1.82, 2.24) is 10.6 Å². The molecule has 0 aliphatic heterocycles. The van der Waals surface area contributed by atoms with Crippen LogP contribution in [-0.2, 0) is 6.54 Å². The number of amides is 2. The van der Waals surface area contributed by atoms with E-state index < -0.39 is 0 Å². The standard InChI is InChI=1S/C17H17BrN2O2/c1-22-16-8-3-2-6-14(16)9-10-19-17(21)20-12-13-5-4-7-15(18)11-13/h2-11H,12H2,1H3,(H2,19,20,21)/b10-9+. The van der Waals surface area contributed by atoms with Crippen molar-refractivity contribution in [1.29, 1.82) is 0 Å². The highest BCUT2D eigenvalue weighted by Crippen LogP contribution is 2.18. The highest BCUT2D eigenvalue weighted by atomic mass is 79.9. The van der Waals surface area contributed by atoms with Crippen molar-refractivity contribution in [3.8, 4) is 5.75 Å². The van der Waals surface area contributed by atoms with Gasteiger partial charge in [0.2, 0.25) is 0 Å². The summed E-state index contributed by atoms with van der Waals surface area (Å²) in [6, 6.07) is 15.1. The maximum Gasteiger partial charge on any atom is 0.319 e. The number of para-hydroxylation sites is 1. The second-order valence-electron chi connectivity index (χ2n) is 4.53. The Kier molecular flexibility index (Phi) is 6.03. The molecule has 4 nitrogen and oxygen atoms in total. The minimum Gasteiger partial charge on any atom is -0.496 e. The van der Waals surface area contributed by atoms with E-state index >= 15 is 0 Å². The zero-order valence-electron chi connectivity index (χ0n) is 12.2. The molecule has 0 bridgehead atoms. The number of benzene rings is 2. The van der Waals surface area contributed by atoms with Gasteiger partial charge in [0.1, 0.15) is 5.75 Å².